The number of hydrogen-bond donors (Lipinski definition) is 1. The van der Waals surface area contributed by atoms with Gasteiger partial charge in [-0.15, -0.1) is 0 Å². The number of hydrogen-bond acceptors (Lipinski definition) is 3. The van der Waals surface area contributed by atoms with E-state index in [2.05, 4.69) is 4.98 Å². The third-order valence-corrected chi connectivity index (χ3v) is 6.12. The van der Waals surface area contributed by atoms with Crippen molar-refractivity contribution < 1.29 is 14.7 Å². The fourth-order valence-electron chi connectivity index (χ4n) is 4.54. The molecule has 0 bridgehead atoms. The van der Waals surface area contributed by atoms with Crippen LogP contribution in [0.2, 0.25) is 0 Å². The van der Waals surface area contributed by atoms with E-state index >= 15 is 0 Å². The highest BCUT2D eigenvalue weighted by Gasteiger charge is 2.42. The van der Waals surface area contributed by atoms with Crippen LogP contribution in [-0.2, 0) is 4.79 Å². The zero-order valence-corrected chi connectivity index (χ0v) is 17.3. The number of carbonyl (C=O) groups excluding carboxylic acids is 2. The number of aromatic amines is 1. The quantitative estimate of drug-likeness (QED) is 0.557. The third-order valence-electron chi connectivity index (χ3n) is 6.12. The smallest absolute Gasteiger partial charge is 0.255 e. The topological polar surface area (TPSA) is 76.2 Å². The minimum Gasteiger partial charge on any atom is -0.548 e. The third kappa shape index (κ3) is 2.93. The molecule has 1 N–H and O–H groups in total. The first kappa shape index (κ1) is 19.1. The van der Waals surface area contributed by atoms with Crippen LogP contribution in [0, 0.1) is 6.92 Å². The van der Waals surface area contributed by atoms with Gasteiger partial charge in [-0.2, -0.15) is 0 Å². The lowest BCUT2D eigenvalue weighted by Crippen LogP contribution is -2.48. The van der Waals surface area contributed by atoms with E-state index in [1.807, 2.05) is 67.6 Å². The highest BCUT2D eigenvalue weighted by molar-refractivity contribution is 6.03. The Kier molecular flexibility index (Phi) is 4.40. The summed E-state index contributed by atoms with van der Waals surface area (Å²) >= 11 is 0. The normalized spacial score (nSPS) is 16.5. The van der Waals surface area contributed by atoms with E-state index in [0.29, 0.717) is 5.56 Å². The molecule has 0 radical (unpaired) electrons. The van der Waals surface area contributed by atoms with Gasteiger partial charge >= 0.3 is 0 Å². The number of rotatable bonds is 4. The van der Waals surface area contributed by atoms with E-state index in [-0.39, 0.29) is 5.91 Å². The van der Waals surface area contributed by atoms with Gasteiger partial charge in [0.1, 0.15) is 0 Å². The molecule has 2 heterocycles. The largest absolute Gasteiger partial charge is 0.548 e. The van der Waals surface area contributed by atoms with Crippen molar-refractivity contribution in [2.24, 2.45) is 0 Å². The molecular weight excluding hydrogens is 388 g/mol. The molecule has 2 atom stereocenters. The van der Waals surface area contributed by atoms with Gasteiger partial charge in [0.2, 0.25) is 0 Å². The average molecular weight is 409 g/mol. The van der Waals surface area contributed by atoms with Crippen LogP contribution in [-0.4, -0.2) is 27.8 Å². The minimum atomic E-state index is -1.28. The Morgan fingerprint density at radius 1 is 1.00 bits per heavy atom. The van der Waals surface area contributed by atoms with Crippen molar-refractivity contribution in [1.29, 1.82) is 0 Å². The average Bonchev–Trinajstić information content (AvgIpc) is 3.29. The number of para-hydroxylation sites is 1. The Morgan fingerprint density at radius 3 is 2.42 bits per heavy atom. The molecule has 0 fully saturated rings. The van der Waals surface area contributed by atoms with Crippen LogP contribution in [0.25, 0.3) is 22.2 Å². The Morgan fingerprint density at radius 2 is 1.68 bits per heavy atom. The van der Waals surface area contributed by atoms with Gasteiger partial charge in [0, 0.05) is 22.0 Å². The monoisotopic (exact) mass is 409 g/mol. The van der Waals surface area contributed by atoms with Crippen LogP contribution in [0.3, 0.4) is 0 Å². The van der Waals surface area contributed by atoms with Crippen LogP contribution in [0.15, 0.2) is 72.8 Å². The van der Waals surface area contributed by atoms with E-state index < -0.39 is 18.1 Å². The fourth-order valence-corrected chi connectivity index (χ4v) is 4.54. The molecule has 0 aliphatic carbocycles. The van der Waals surface area contributed by atoms with E-state index in [1.165, 1.54) is 11.8 Å². The molecule has 0 saturated carbocycles. The van der Waals surface area contributed by atoms with Gasteiger partial charge in [0.05, 0.1) is 23.7 Å². The number of benzene rings is 3. The van der Waals surface area contributed by atoms with Crippen molar-refractivity contribution in [2.45, 2.75) is 25.9 Å². The van der Waals surface area contributed by atoms with Crippen molar-refractivity contribution in [3.05, 3.63) is 95.1 Å². The van der Waals surface area contributed by atoms with Crippen molar-refractivity contribution in [3.8, 4) is 11.3 Å². The Hall–Kier alpha value is -3.86. The van der Waals surface area contributed by atoms with Gasteiger partial charge in [0.15, 0.2) is 0 Å². The molecular formula is C26H21N2O3-. The van der Waals surface area contributed by atoms with Gasteiger partial charge in [-0.3, -0.25) is 4.79 Å². The van der Waals surface area contributed by atoms with Gasteiger partial charge in [-0.25, -0.2) is 0 Å². The minimum absolute atomic E-state index is 0.294. The van der Waals surface area contributed by atoms with Crippen molar-refractivity contribution in [2.75, 3.05) is 0 Å². The lowest BCUT2D eigenvalue weighted by molar-refractivity contribution is -0.310. The molecule has 5 rings (SSSR count). The Balaban J connectivity index is 1.82. The fraction of sp³-hybridized carbons (Fsp3) is 0.154. The summed E-state index contributed by atoms with van der Waals surface area (Å²) in [6.45, 7) is 3.54. The predicted molar refractivity (Wildman–Crippen MR) is 117 cm³/mol. The number of nitrogens with zero attached hydrogens (tertiary/aromatic N) is 1. The molecule has 0 spiro atoms. The summed E-state index contributed by atoms with van der Waals surface area (Å²) in [6, 6.07) is 21.8. The number of fused-ring (bicyclic) bond motifs is 2. The Bertz CT molecular complexity index is 1320. The molecule has 1 aromatic heterocycles. The summed E-state index contributed by atoms with van der Waals surface area (Å²) in [6.07, 6.45) is 0. The zero-order chi connectivity index (χ0) is 21.7. The summed E-state index contributed by atoms with van der Waals surface area (Å²) in [5.74, 6) is -1.57. The molecule has 5 nitrogen and oxygen atoms in total. The molecule has 31 heavy (non-hydrogen) atoms. The molecule has 0 saturated heterocycles. The first-order valence-electron chi connectivity index (χ1n) is 10.3. The van der Waals surface area contributed by atoms with E-state index in [4.69, 9.17) is 0 Å². The molecule has 5 heteroatoms. The maximum atomic E-state index is 13.3. The second-order valence-electron chi connectivity index (χ2n) is 8.02. The SMILES string of the molecule is Cc1ccc(-c2[nH]c3ccccc3c2[C@H]2c3ccccc3C(=O)N2[C@H](C)C(=O)[O-])cc1. The summed E-state index contributed by atoms with van der Waals surface area (Å²) in [5, 5.41) is 12.8. The first-order valence-corrected chi connectivity index (χ1v) is 10.3. The number of carbonyl (C=O) groups is 2. The molecule has 1 aliphatic heterocycles. The van der Waals surface area contributed by atoms with Gasteiger partial charge in [0.25, 0.3) is 5.91 Å². The number of amides is 1. The van der Waals surface area contributed by atoms with E-state index in [0.717, 1.165) is 38.9 Å². The van der Waals surface area contributed by atoms with Crippen LogP contribution in [0.5, 0.6) is 0 Å². The number of nitrogens with one attached hydrogen (secondary N) is 1. The predicted octanol–water partition coefficient (Wildman–Crippen LogP) is 3.83. The lowest BCUT2D eigenvalue weighted by atomic mass is 9.92. The highest BCUT2D eigenvalue weighted by Crippen LogP contribution is 2.46. The summed E-state index contributed by atoms with van der Waals surface area (Å²) < 4.78 is 0. The maximum Gasteiger partial charge on any atom is 0.255 e. The number of aliphatic carboxylic acids is 1. The second kappa shape index (κ2) is 7.13. The second-order valence-corrected chi connectivity index (χ2v) is 8.02. The number of H-pyrrole nitrogens is 1. The van der Waals surface area contributed by atoms with E-state index in [9.17, 15) is 14.7 Å². The first-order chi connectivity index (χ1) is 15.0. The van der Waals surface area contributed by atoms with Crippen molar-refractivity contribution in [1.82, 2.24) is 9.88 Å². The number of aryl methyl sites for hydroxylation is 1. The number of carboxylic acid groups (broad SMARTS) is 1. The van der Waals surface area contributed by atoms with Crippen LogP contribution >= 0.6 is 0 Å². The van der Waals surface area contributed by atoms with Crippen LogP contribution in [0.4, 0.5) is 0 Å². The molecule has 0 unspecified atom stereocenters. The molecule has 154 valence electrons. The Labute approximate surface area is 179 Å². The standard InChI is InChI=1S/C26H22N2O3/c1-15-11-13-17(14-12-15)23-22(20-9-5-6-10-21(20)27-23)24-18-7-3-4-8-19(18)25(29)28(24)16(2)26(30)31/h3-14,16,24,27H,1-2H3,(H,30,31)/p-1/t16-,24-/m1/s1. The number of aromatic nitrogens is 1. The van der Waals surface area contributed by atoms with E-state index in [1.54, 1.807) is 12.1 Å². The summed E-state index contributed by atoms with van der Waals surface area (Å²) in [5.41, 5.74) is 6.17. The molecule has 1 aliphatic rings. The van der Waals surface area contributed by atoms with Crippen LogP contribution in [0.1, 0.15) is 40.0 Å². The van der Waals surface area contributed by atoms with Crippen LogP contribution < -0.4 is 5.11 Å². The summed E-state index contributed by atoms with van der Waals surface area (Å²) in [4.78, 5) is 30.1. The van der Waals surface area contributed by atoms with Gasteiger partial charge < -0.3 is 19.8 Å². The van der Waals surface area contributed by atoms with Crippen molar-refractivity contribution >= 4 is 22.8 Å². The van der Waals surface area contributed by atoms with Crippen molar-refractivity contribution in [3.63, 3.8) is 0 Å². The molecule has 4 aromatic rings. The highest BCUT2D eigenvalue weighted by atomic mass is 16.4. The lowest BCUT2D eigenvalue weighted by Gasteiger charge is -2.32. The van der Waals surface area contributed by atoms with Gasteiger partial charge in [-0.1, -0.05) is 66.2 Å². The zero-order valence-electron chi connectivity index (χ0n) is 17.3. The summed E-state index contributed by atoms with van der Waals surface area (Å²) in [7, 11) is 0. The maximum absolute atomic E-state index is 13.3. The molecule has 3 aromatic carbocycles. The van der Waals surface area contributed by atoms with Gasteiger partial charge in [-0.05, 0) is 37.1 Å². The number of carboxylic acids is 1. The molecule has 1 amide bonds.